The van der Waals surface area contributed by atoms with Gasteiger partial charge in [-0.2, -0.15) is 0 Å². The fourth-order valence-electron chi connectivity index (χ4n) is 2.38. The van der Waals surface area contributed by atoms with Crippen molar-refractivity contribution < 1.29 is 14.7 Å². The van der Waals surface area contributed by atoms with Crippen molar-refractivity contribution in [3.8, 4) is 0 Å². The second-order valence-corrected chi connectivity index (χ2v) is 8.28. The molecule has 0 bridgehead atoms. The van der Waals surface area contributed by atoms with Crippen LogP contribution in [0, 0.1) is 0 Å². The molecule has 0 aliphatic carbocycles. The van der Waals surface area contributed by atoms with E-state index >= 15 is 0 Å². The van der Waals surface area contributed by atoms with Gasteiger partial charge in [0.1, 0.15) is 6.04 Å². The summed E-state index contributed by atoms with van der Waals surface area (Å²) < 4.78 is 0.442. The van der Waals surface area contributed by atoms with Crippen LogP contribution >= 0.6 is 23.5 Å². The van der Waals surface area contributed by atoms with E-state index in [4.69, 9.17) is 0 Å². The van der Waals surface area contributed by atoms with Crippen molar-refractivity contribution in [2.45, 2.75) is 43.2 Å². The number of carboxylic acid groups (broad SMARTS) is 1. The highest BCUT2D eigenvalue weighted by atomic mass is 32.2. The van der Waals surface area contributed by atoms with E-state index in [1.54, 1.807) is 12.1 Å². The lowest BCUT2D eigenvalue weighted by atomic mass is 10.1. The minimum atomic E-state index is -0.974. The van der Waals surface area contributed by atoms with Crippen molar-refractivity contribution in [1.29, 1.82) is 0 Å². The summed E-state index contributed by atoms with van der Waals surface area (Å²) in [4.78, 5) is 23.4. The van der Waals surface area contributed by atoms with Gasteiger partial charge >= 0.3 is 5.97 Å². The van der Waals surface area contributed by atoms with Gasteiger partial charge in [-0.15, -0.1) is 23.5 Å². The van der Waals surface area contributed by atoms with E-state index in [9.17, 15) is 14.7 Å². The summed E-state index contributed by atoms with van der Waals surface area (Å²) in [5.41, 5.74) is 1.74. The van der Waals surface area contributed by atoms with Crippen molar-refractivity contribution in [3.05, 3.63) is 35.4 Å². The Morgan fingerprint density at radius 2 is 1.91 bits per heavy atom. The lowest BCUT2D eigenvalue weighted by molar-refractivity contribution is -0.139. The maximum atomic E-state index is 12.2. The third-order valence-corrected chi connectivity index (χ3v) is 6.74. The number of rotatable bonds is 7. The first-order valence-corrected chi connectivity index (χ1v) is 10.1. The minimum Gasteiger partial charge on any atom is -0.480 e. The fraction of sp³-hybridized carbons (Fsp3) is 0.529. The largest absolute Gasteiger partial charge is 0.480 e. The van der Waals surface area contributed by atoms with Crippen LogP contribution in [-0.4, -0.2) is 34.5 Å². The van der Waals surface area contributed by atoms with Gasteiger partial charge in [-0.3, -0.25) is 4.79 Å². The number of aliphatic carboxylic acids is 1. The van der Waals surface area contributed by atoms with E-state index in [0.717, 1.165) is 12.8 Å². The smallest absolute Gasteiger partial charge is 0.326 e. The number of hydrogen-bond acceptors (Lipinski definition) is 4. The predicted molar refractivity (Wildman–Crippen MR) is 97.1 cm³/mol. The van der Waals surface area contributed by atoms with Crippen molar-refractivity contribution in [2.24, 2.45) is 0 Å². The van der Waals surface area contributed by atoms with E-state index in [0.29, 0.717) is 16.6 Å². The molecule has 1 amide bonds. The third kappa shape index (κ3) is 5.46. The topological polar surface area (TPSA) is 66.4 Å². The van der Waals surface area contributed by atoms with Crippen molar-refractivity contribution in [1.82, 2.24) is 5.32 Å². The van der Waals surface area contributed by atoms with Gasteiger partial charge in [0, 0.05) is 5.56 Å². The fourth-order valence-corrected chi connectivity index (χ4v) is 5.27. The van der Waals surface area contributed by atoms with E-state index in [1.807, 2.05) is 42.6 Å². The highest BCUT2D eigenvalue weighted by Crippen LogP contribution is 2.43. The first kappa shape index (κ1) is 18.2. The van der Waals surface area contributed by atoms with Gasteiger partial charge in [0.2, 0.25) is 0 Å². The molecule has 0 radical (unpaired) electrons. The molecule has 0 spiro atoms. The molecule has 1 atom stereocenters. The molecule has 23 heavy (non-hydrogen) atoms. The molecule has 1 saturated heterocycles. The zero-order chi connectivity index (χ0) is 16.7. The number of carbonyl (C=O) groups is 2. The van der Waals surface area contributed by atoms with Crippen LogP contribution in [0.5, 0.6) is 0 Å². The molecule has 2 rings (SSSR count). The summed E-state index contributed by atoms with van der Waals surface area (Å²) >= 11 is 3.88. The van der Waals surface area contributed by atoms with E-state index in [2.05, 4.69) is 5.32 Å². The summed E-state index contributed by atoms with van der Waals surface area (Å²) in [5.74, 6) is 1.07. The van der Waals surface area contributed by atoms with Crippen LogP contribution in [0.2, 0.25) is 0 Å². The average molecular weight is 354 g/mol. The number of thioether (sulfide) groups is 2. The summed E-state index contributed by atoms with van der Waals surface area (Å²) in [6.45, 7) is 2.00. The quantitative estimate of drug-likeness (QED) is 0.777. The number of nitrogens with one attached hydrogen (secondary N) is 1. The van der Waals surface area contributed by atoms with Crippen LogP contribution in [0.15, 0.2) is 24.3 Å². The Balaban J connectivity index is 1.97. The first-order valence-electron chi connectivity index (χ1n) is 7.98. The lowest BCUT2D eigenvalue weighted by Crippen LogP contribution is -2.40. The van der Waals surface area contributed by atoms with Gasteiger partial charge in [0.05, 0.1) is 4.58 Å². The highest BCUT2D eigenvalue weighted by Gasteiger charge is 2.21. The molecule has 4 nitrogen and oxygen atoms in total. The molecule has 0 saturated carbocycles. The second-order valence-electron chi connectivity index (χ2n) is 5.56. The molecule has 1 aromatic rings. The average Bonchev–Trinajstić information content (AvgIpc) is 2.59. The van der Waals surface area contributed by atoms with E-state index < -0.39 is 12.0 Å². The van der Waals surface area contributed by atoms with Gasteiger partial charge in [0.15, 0.2) is 0 Å². The maximum Gasteiger partial charge on any atom is 0.326 e. The Morgan fingerprint density at radius 3 is 2.48 bits per heavy atom. The van der Waals surface area contributed by atoms with E-state index in [-0.39, 0.29) is 5.91 Å². The number of carboxylic acids is 1. The molecule has 2 N–H and O–H groups in total. The molecule has 0 aromatic heterocycles. The van der Waals surface area contributed by atoms with Crippen LogP contribution < -0.4 is 5.32 Å². The zero-order valence-corrected chi connectivity index (χ0v) is 14.9. The summed E-state index contributed by atoms with van der Waals surface area (Å²) in [5, 5.41) is 11.8. The zero-order valence-electron chi connectivity index (χ0n) is 13.3. The monoisotopic (exact) mass is 353 g/mol. The van der Waals surface area contributed by atoms with Crippen molar-refractivity contribution >= 4 is 35.4 Å². The second kappa shape index (κ2) is 9.23. The molecular formula is C17H23NO3S2. The standard InChI is InChI=1S/C17H23NO3S2/c1-2-3-5-14(16(20)21)18-15(19)12-6-8-13(9-7-12)17-22-10-4-11-23-17/h6-9,14,17H,2-5,10-11H2,1H3,(H,18,19)(H,20,21)/t14-/m0/s1. The molecule has 1 heterocycles. The van der Waals surface area contributed by atoms with Crippen LogP contribution in [0.3, 0.4) is 0 Å². The van der Waals surface area contributed by atoms with Crippen LogP contribution in [-0.2, 0) is 4.79 Å². The summed E-state index contributed by atoms with van der Waals surface area (Å²) in [7, 11) is 0. The van der Waals surface area contributed by atoms with Crippen molar-refractivity contribution in [2.75, 3.05) is 11.5 Å². The highest BCUT2D eigenvalue weighted by molar-refractivity contribution is 8.16. The molecule has 1 aliphatic heterocycles. The minimum absolute atomic E-state index is 0.316. The SMILES string of the molecule is CCCC[C@H](NC(=O)c1ccc(C2SCCCS2)cc1)C(=O)O. The van der Waals surface area contributed by atoms with Crippen LogP contribution in [0.4, 0.5) is 0 Å². The summed E-state index contributed by atoms with van der Waals surface area (Å²) in [6, 6.07) is 6.73. The van der Waals surface area contributed by atoms with Gasteiger partial charge in [0.25, 0.3) is 5.91 Å². The lowest BCUT2D eigenvalue weighted by Gasteiger charge is -2.21. The van der Waals surface area contributed by atoms with Gasteiger partial charge in [-0.05, 0) is 42.0 Å². The van der Waals surface area contributed by atoms with Gasteiger partial charge in [-0.25, -0.2) is 4.79 Å². The molecular weight excluding hydrogens is 330 g/mol. The molecule has 126 valence electrons. The first-order chi connectivity index (χ1) is 11.1. The van der Waals surface area contributed by atoms with Crippen LogP contribution in [0.1, 0.15) is 53.1 Å². The Labute approximate surface area is 145 Å². The van der Waals surface area contributed by atoms with Crippen molar-refractivity contribution in [3.63, 3.8) is 0 Å². The number of benzene rings is 1. The third-order valence-electron chi connectivity index (χ3n) is 3.72. The Kier molecular flexibility index (Phi) is 7.30. The molecule has 6 heteroatoms. The van der Waals surface area contributed by atoms with Crippen LogP contribution in [0.25, 0.3) is 0 Å². The number of unbranched alkanes of at least 4 members (excludes halogenated alkanes) is 1. The normalized spacial score (nSPS) is 16.7. The predicted octanol–water partition coefficient (Wildman–Crippen LogP) is 3.93. The maximum absolute atomic E-state index is 12.2. The number of carbonyl (C=O) groups excluding carboxylic acids is 1. The molecule has 1 aliphatic rings. The molecule has 0 unspecified atom stereocenters. The van der Waals surface area contributed by atoms with Gasteiger partial charge in [-0.1, -0.05) is 31.9 Å². The Hall–Kier alpha value is -1.14. The Bertz CT molecular complexity index is 527. The summed E-state index contributed by atoms with van der Waals surface area (Å²) in [6.07, 6.45) is 3.41. The molecule has 1 fully saturated rings. The Morgan fingerprint density at radius 1 is 1.26 bits per heavy atom. The number of hydrogen-bond donors (Lipinski definition) is 2. The van der Waals surface area contributed by atoms with E-state index in [1.165, 1.54) is 23.5 Å². The molecule has 1 aromatic carbocycles. The van der Waals surface area contributed by atoms with Gasteiger partial charge < -0.3 is 10.4 Å². The number of amides is 1.